The highest BCUT2D eigenvalue weighted by molar-refractivity contribution is 5.86. The Morgan fingerprint density at radius 1 is 0.643 bits per heavy atom. The van der Waals surface area contributed by atoms with E-state index in [0.29, 0.717) is 22.9 Å². The molecule has 0 spiro atoms. The number of benzene rings is 2. The summed E-state index contributed by atoms with van der Waals surface area (Å²) in [6, 6.07) is 12.4. The van der Waals surface area contributed by atoms with Gasteiger partial charge in [-0.2, -0.15) is 9.97 Å². The fourth-order valence-corrected chi connectivity index (χ4v) is 2.91. The molecule has 0 fully saturated rings. The normalized spacial score (nSPS) is 10.9. The summed E-state index contributed by atoms with van der Waals surface area (Å²) >= 11 is 0. The van der Waals surface area contributed by atoms with Crippen molar-refractivity contribution in [2.24, 2.45) is 0 Å². The van der Waals surface area contributed by atoms with Crippen LogP contribution in [-0.2, 0) is 0 Å². The van der Waals surface area contributed by atoms with Crippen LogP contribution in [0.4, 0.5) is 23.1 Å². The Labute approximate surface area is 164 Å². The Kier molecular flexibility index (Phi) is 4.61. The van der Waals surface area contributed by atoms with Crippen LogP contribution < -0.4 is 10.6 Å². The van der Waals surface area contributed by atoms with Gasteiger partial charge in [0.15, 0.2) is 17.0 Å². The quantitative estimate of drug-likeness (QED) is 0.518. The summed E-state index contributed by atoms with van der Waals surface area (Å²) in [6.07, 6.45) is 3.28. The lowest BCUT2D eigenvalue weighted by Crippen LogP contribution is -2.04. The Morgan fingerprint density at radius 2 is 1.25 bits per heavy atom. The molecule has 2 N–H and O–H groups in total. The van der Waals surface area contributed by atoms with Crippen LogP contribution in [0.15, 0.2) is 48.8 Å². The first-order valence-electron chi connectivity index (χ1n) is 9.17. The van der Waals surface area contributed by atoms with Gasteiger partial charge in [0.25, 0.3) is 0 Å². The number of hydrogen-bond acceptors (Lipinski definition) is 6. The van der Waals surface area contributed by atoms with Crippen molar-refractivity contribution in [2.45, 2.75) is 27.7 Å². The third-order valence-electron chi connectivity index (χ3n) is 4.87. The molecular formula is C22H22N6. The molecule has 0 aliphatic carbocycles. The average molecular weight is 370 g/mol. The maximum Gasteiger partial charge on any atom is 0.231 e. The first-order chi connectivity index (χ1) is 13.5. The first-order valence-corrected chi connectivity index (χ1v) is 9.17. The third-order valence-corrected chi connectivity index (χ3v) is 4.87. The number of aryl methyl sites for hydroxylation is 4. The van der Waals surface area contributed by atoms with Crippen molar-refractivity contribution in [1.82, 2.24) is 19.9 Å². The average Bonchev–Trinajstić information content (AvgIpc) is 2.68. The summed E-state index contributed by atoms with van der Waals surface area (Å²) in [4.78, 5) is 17.9. The van der Waals surface area contributed by atoms with Crippen LogP contribution >= 0.6 is 0 Å². The van der Waals surface area contributed by atoms with Gasteiger partial charge in [0.05, 0.1) is 0 Å². The molecule has 2 aromatic carbocycles. The smallest absolute Gasteiger partial charge is 0.231 e. The molecule has 6 heteroatoms. The maximum atomic E-state index is 4.66. The molecule has 4 aromatic rings. The summed E-state index contributed by atoms with van der Waals surface area (Å²) in [7, 11) is 0. The molecule has 0 bridgehead atoms. The lowest BCUT2D eigenvalue weighted by Gasteiger charge is -2.12. The molecule has 0 aliphatic heterocycles. The number of aromatic nitrogens is 4. The van der Waals surface area contributed by atoms with Gasteiger partial charge >= 0.3 is 0 Å². The standard InChI is InChI=1S/C22H22N6/c1-13-5-7-17(11-15(13)3)25-21-19-20(24-10-9-23-19)27-22(28-21)26-18-8-6-14(2)16(4)12-18/h5-12H,1-4H3,(H2,24,25,26,27,28). The molecular weight excluding hydrogens is 348 g/mol. The van der Waals surface area contributed by atoms with E-state index in [9.17, 15) is 0 Å². The second-order valence-electron chi connectivity index (χ2n) is 6.97. The van der Waals surface area contributed by atoms with Gasteiger partial charge in [0, 0.05) is 23.8 Å². The molecule has 6 nitrogen and oxygen atoms in total. The predicted octanol–water partition coefficient (Wildman–Crippen LogP) is 5.14. The number of nitrogens with one attached hydrogen (secondary N) is 2. The highest BCUT2D eigenvalue weighted by Gasteiger charge is 2.11. The lowest BCUT2D eigenvalue weighted by molar-refractivity contribution is 1.14. The molecule has 140 valence electrons. The van der Waals surface area contributed by atoms with Crippen molar-refractivity contribution in [1.29, 1.82) is 0 Å². The zero-order chi connectivity index (χ0) is 19.7. The van der Waals surface area contributed by atoms with E-state index < -0.39 is 0 Å². The molecule has 0 aliphatic rings. The number of nitrogens with zero attached hydrogens (tertiary/aromatic N) is 4. The van der Waals surface area contributed by atoms with Crippen LogP contribution in [0.3, 0.4) is 0 Å². The minimum absolute atomic E-state index is 0.475. The summed E-state index contributed by atoms with van der Waals surface area (Å²) in [5, 5.41) is 6.65. The van der Waals surface area contributed by atoms with Crippen molar-refractivity contribution >= 4 is 34.3 Å². The minimum atomic E-state index is 0.475. The molecule has 0 saturated carbocycles. The van der Waals surface area contributed by atoms with E-state index in [-0.39, 0.29) is 0 Å². The molecule has 0 saturated heterocycles. The summed E-state index contributed by atoms with van der Waals surface area (Å²) in [6.45, 7) is 8.36. The van der Waals surface area contributed by atoms with Gasteiger partial charge in [-0.1, -0.05) is 12.1 Å². The highest BCUT2D eigenvalue weighted by atomic mass is 15.2. The predicted molar refractivity (Wildman–Crippen MR) is 114 cm³/mol. The molecule has 0 amide bonds. The number of rotatable bonds is 4. The number of anilines is 4. The Balaban J connectivity index is 1.74. The van der Waals surface area contributed by atoms with E-state index in [1.807, 2.05) is 12.1 Å². The van der Waals surface area contributed by atoms with Gasteiger partial charge in [-0.3, -0.25) is 0 Å². The molecule has 2 heterocycles. The van der Waals surface area contributed by atoms with Crippen molar-refractivity contribution in [2.75, 3.05) is 10.6 Å². The zero-order valence-electron chi connectivity index (χ0n) is 16.4. The molecule has 0 atom stereocenters. The van der Waals surface area contributed by atoms with E-state index in [1.54, 1.807) is 12.4 Å². The van der Waals surface area contributed by atoms with Crippen LogP contribution in [0.25, 0.3) is 11.2 Å². The molecule has 28 heavy (non-hydrogen) atoms. The maximum absolute atomic E-state index is 4.66. The molecule has 4 rings (SSSR count). The minimum Gasteiger partial charge on any atom is -0.338 e. The van der Waals surface area contributed by atoms with Gasteiger partial charge < -0.3 is 10.6 Å². The summed E-state index contributed by atoms with van der Waals surface area (Å²) in [5.74, 6) is 1.09. The van der Waals surface area contributed by atoms with Crippen LogP contribution in [0.5, 0.6) is 0 Å². The van der Waals surface area contributed by atoms with Gasteiger partial charge in [-0.25, -0.2) is 9.97 Å². The molecule has 2 aromatic heterocycles. The van der Waals surface area contributed by atoms with Crippen LogP contribution in [0, 0.1) is 27.7 Å². The highest BCUT2D eigenvalue weighted by Crippen LogP contribution is 2.25. The monoisotopic (exact) mass is 370 g/mol. The molecule has 0 radical (unpaired) electrons. The topological polar surface area (TPSA) is 75.6 Å². The number of hydrogen-bond donors (Lipinski definition) is 2. The van der Waals surface area contributed by atoms with Gasteiger partial charge in [-0.05, 0) is 74.2 Å². The Bertz CT molecular complexity index is 1170. The lowest BCUT2D eigenvalue weighted by atomic mass is 10.1. The van der Waals surface area contributed by atoms with Crippen molar-refractivity contribution < 1.29 is 0 Å². The van der Waals surface area contributed by atoms with Gasteiger partial charge in [0.1, 0.15) is 0 Å². The van der Waals surface area contributed by atoms with E-state index in [0.717, 1.165) is 11.4 Å². The second kappa shape index (κ2) is 7.23. The van der Waals surface area contributed by atoms with Crippen LogP contribution in [0.2, 0.25) is 0 Å². The second-order valence-corrected chi connectivity index (χ2v) is 6.97. The number of fused-ring (bicyclic) bond motifs is 1. The van der Waals surface area contributed by atoms with Gasteiger partial charge in [-0.15, -0.1) is 0 Å². The van der Waals surface area contributed by atoms with Gasteiger partial charge in [0.2, 0.25) is 5.95 Å². The third kappa shape index (κ3) is 3.62. The van der Waals surface area contributed by atoms with E-state index in [1.165, 1.54) is 22.3 Å². The SMILES string of the molecule is Cc1ccc(Nc2nc(Nc3ccc(C)c(C)c3)c3nccnc3n2)cc1C. The molecule has 0 unspecified atom stereocenters. The van der Waals surface area contributed by atoms with E-state index in [2.05, 4.69) is 82.5 Å². The van der Waals surface area contributed by atoms with Crippen molar-refractivity contribution in [3.05, 3.63) is 71.0 Å². The van der Waals surface area contributed by atoms with Crippen LogP contribution in [-0.4, -0.2) is 19.9 Å². The summed E-state index contributed by atoms with van der Waals surface area (Å²) in [5.41, 5.74) is 7.96. The first kappa shape index (κ1) is 17.9. The van der Waals surface area contributed by atoms with Crippen molar-refractivity contribution in [3.63, 3.8) is 0 Å². The fraction of sp³-hybridized carbons (Fsp3) is 0.182. The largest absolute Gasteiger partial charge is 0.338 e. The van der Waals surface area contributed by atoms with Crippen molar-refractivity contribution in [3.8, 4) is 0 Å². The van der Waals surface area contributed by atoms with E-state index >= 15 is 0 Å². The Hall–Kier alpha value is -3.54. The fourth-order valence-electron chi connectivity index (χ4n) is 2.91. The van der Waals surface area contributed by atoms with E-state index in [4.69, 9.17) is 0 Å². The zero-order valence-corrected chi connectivity index (χ0v) is 16.4. The summed E-state index contributed by atoms with van der Waals surface area (Å²) < 4.78 is 0. The Morgan fingerprint density at radius 3 is 1.89 bits per heavy atom. The van der Waals surface area contributed by atoms with Crippen LogP contribution in [0.1, 0.15) is 22.3 Å².